The SMILES string of the molecule is CSCC(CCO)NC(C)c1cnccn1. The maximum atomic E-state index is 8.97. The fourth-order valence-electron chi connectivity index (χ4n) is 1.54. The van der Waals surface area contributed by atoms with Gasteiger partial charge in [0, 0.05) is 43.0 Å². The minimum Gasteiger partial charge on any atom is -0.396 e. The molecule has 16 heavy (non-hydrogen) atoms. The molecule has 1 rings (SSSR count). The Morgan fingerprint density at radius 3 is 2.88 bits per heavy atom. The molecule has 0 bridgehead atoms. The van der Waals surface area contributed by atoms with Crippen molar-refractivity contribution in [3.63, 3.8) is 0 Å². The van der Waals surface area contributed by atoms with E-state index >= 15 is 0 Å². The van der Waals surface area contributed by atoms with Gasteiger partial charge in [-0.25, -0.2) is 0 Å². The molecule has 2 unspecified atom stereocenters. The summed E-state index contributed by atoms with van der Waals surface area (Å²) >= 11 is 1.78. The average molecular weight is 241 g/mol. The molecular weight excluding hydrogens is 222 g/mol. The maximum Gasteiger partial charge on any atom is 0.0753 e. The molecule has 4 nitrogen and oxygen atoms in total. The Morgan fingerprint density at radius 1 is 1.50 bits per heavy atom. The van der Waals surface area contributed by atoms with Gasteiger partial charge >= 0.3 is 0 Å². The molecule has 0 aromatic carbocycles. The van der Waals surface area contributed by atoms with Gasteiger partial charge in [-0.1, -0.05) is 0 Å². The molecule has 90 valence electrons. The van der Waals surface area contributed by atoms with Crippen molar-refractivity contribution in [2.24, 2.45) is 0 Å². The van der Waals surface area contributed by atoms with Crippen molar-refractivity contribution < 1.29 is 5.11 Å². The topological polar surface area (TPSA) is 58.0 Å². The van der Waals surface area contributed by atoms with Crippen molar-refractivity contribution >= 4 is 11.8 Å². The number of aliphatic hydroxyl groups is 1. The lowest BCUT2D eigenvalue weighted by Gasteiger charge is -2.21. The first kappa shape index (κ1) is 13.4. The van der Waals surface area contributed by atoms with Gasteiger partial charge in [-0.3, -0.25) is 9.97 Å². The Morgan fingerprint density at radius 2 is 2.31 bits per heavy atom. The third-order valence-electron chi connectivity index (χ3n) is 2.36. The van der Waals surface area contributed by atoms with Crippen LogP contribution in [0.15, 0.2) is 18.6 Å². The van der Waals surface area contributed by atoms with Crippen LogP contribution in [-0.2, 0) is 0 Å². The van der Waals surface area contributed by atoms with Crippen LogP contribution in [0.4, 0.5) is 0 Å². The summed E-state index contributed by atoms with van der Waals surface area (Å²) in [6.45, 7) is 2.28. The van der Waals surface area contributed by atoms with Crippen molar-refractivity contribution in [2.45, 2.75) is 25.4 Å². The summed E-state index contributed by atoms with van der Waals surface area (Å²) < 4.78 is 0. The van der Waals surface area contributed by atoms with E-state index in [0.29, 0.717) is 6.04 Å². The minimum atomic E-state index is 0.164. The second-order valence-electron chi connectivity index (χ2n) is 3.68. The second-order valence-corrected chi connectivity index (χ2v) is 4.59. The molecule has 1 aromatic rings. The van der Waals surface area contributed by atoms with E-state index in [4.69, 9.17) is 5.11 Å². The Kier molecular flexibility index (Phi) is 6.37. The molecule has 1 aromatic heterocycles. The highest BCUT2D eigenvalue weighted by Crippen LogP contribution is 2.11. The summed E-state index contributed by atoms with van der Waals surface area (Å²) in [4.78, 5) is 8.31. The largest absolute Gasteiger partial charge is 0.396 e. The monoisotopic (exact) mass is 241 g/mol. The average Bonchev–Trinajstić information content (AvgIpc) is 2.31. The van der Waals surface area contributed by atoms with Crippen LogP contribution in [0.1, 0.15) is 25.1 Å². The first-order valence-corrected chi connectivity index (χ1v) is 6.79. The molecular formula is C11H19N3OS. The molecule has 0 saturated heterocycles. The van der Waals surface area contributed by atoms with Crippen LogP contribution in [0.5, 0.6) is 0 Å². The van der Waals surface area contributed by atoms with Crippen LogP contribution in [0.25, 0.3) is 0 Å². The highest BCUT2D eigenvalue weighted by Gasteiger charge is 2.13. The molecule has 0 radical (unpaired) electrons. The number of rotatable bonds is 7. The number of nitrogens with one attached hydrogen (secondary N) is 1. The first-order chi connectivity index (χ1) is 7.77. The smallest absolute Gasteiger partial charge is 0.0753 e. The number of hydrogen-bond donors (Lipinski definition) is 2. The van der Waals surface area contributed by atoms with E-state index in [1.807, 2.05) is 0 Å². The summed E-state index contributed by atoms with van der Waals surface area (Å²) in [6.07, 6.45) is 7.98. The van der Waals surface area contributed by atoms with Gasteiger partial charge in [0.25, 0.3) is 0 Å². The van der Waals surface area contributed by atoms with Gasteiger partial charge in [0.05, 0.1) is 5.69 Å². The lowest BCUT2D eigenvalue weighted by Crippen LogP contribution is -2.34. The minimum absolute atomic E-state index is 0.164. The van der Waals surface area contributed by atoms with Crippen molar-refractivity contribution in [3.05, 3.63) is 24.3 Å². The van der Waals surface area contributed by atoms with Crippen molar-refractivity contribution in [1.29, 1.82) is 0 Å². The molecule has 0 amide bonds. The summed E-state index contributed by atoms with van der Waals surface area (Å²) in [6, 6.07) is 0.481. The van der Waals surface area contributed by atoms with Crippen LogP contribution in [0.3, 0.4) is 0 Å². The Bertz CT molecular complexity index is 278. The van der Waals surface area contributed by atoms with Gasteiger partial charge in [-0.15, -0.1) is 0 Å². The van der Waals surface area contributed by atoms with E-state index in [-0.39, 0.29) is 12.6 Å². The molecule has 0 saturated carbocycles. The number of nitrogens with zero attached hydrogens (tertiary/aromatic N) is 2. The molecule has 0 aliphatic heterocycles. The van der Waals surface area contributed by atoms with Crippen molar-refractivity contribution in [3.8, 4) is 0 Å². The molecule has 2 N–H and O–H groups in total. The second kappa shape index (κ2) is 7.60. The zero-order valence-electron chi connectivity index (χ0n) is 9.76. The van der Waals surface area contributed by atoms with Crippen LogP contribution in [-0.4, -0.2) is 39.7 Å². The summed E-state index contributed by atoms with van der Waals surface area (Å²) in [5.41, 5.74) is 0.937. The van der Waals surface area contributed by atoms with Gasteiger partial charge in [0.15, 0.2) is 0 Å². The predicted octanol–water partition coefficient (Wildman–Crippen LogP) is 1.24. The van der Waals surface area contributed by atoms with Gasteiger partial charge in [-0.05, 0) is 19.6 Å². The Hall–Kier alpha value is -0.650. The quantitative estimate of drug-likeness (QED) is 0.752. The van der Waals surface area contributed by atoms with Gasteiger partial charge in [-0.2, -0.15) is 11.8 Å². The van der Waals surface area contributed by atoms with Crippen LogP contribution < -0.4 is 5.32 Å². The van der Waals surface area contributed by atoms with Gasteiger partial charge in [0.1, 0.15) is 0 Å². The van der Waals surface area contributed by atoms with Crippen LogP contribution in [0.2, 0.25) is 0 Å². The highest BCUT2D eigenvalue weighted by molar-refractivity contribution is 7.98. The van der Waals surface area contributed by atoms with E-state index in [2.05, 4.69) is 28.5 Å². The third kappa shape index (κ3) is 4.47. The fraction of sp³-hybridized carbons (Fsp3) is 0.636. The zero-order valence-corrected chi connectivity index (χ0v) is 10.6. The molecule has 0 fully saturated rings. The number of hydrogen-bond acceptors (Lipinski definition) is 5. The standard InChI is InChI=1S/C11H19N3OS/c1-9(11-7-12-4-5-13-11)14-10(3-6-15)8-16-2/h4-5,7,9-10,14-15H,3,6,8H2,1-2H3. The molecule has 5 heteroatoms. The van der Waals surface area contributed by atoms with Crippen LogP contribution in [0, 0.1) is 0 Å². The fourth-order valence-corrected chi connectivity index (χ4v) is 2.21. The molecule has 0 aliphatic carbocycles. The predicted molar refractivity (Wildman–Crippen MR) is 67.5 cm³/mol. The lowest BCUT2D eigenvalue weighted by atomic mass is 10.2. The zero-order chi connectivity index (χ0) is 11.8. The van der Waals surface area contributed by atoms with E-state index in [1.54, 1.807) is 30.4 Å². The van der Waals surface area contributed by atoms with Crippen LogP contribution >= 0.6 is 11.8 Å². The summed E-state index contributed by atoms with van der Waals surface area (Å²) in [7, 11) is 0. The first-order valence-electron chi connectivity index (χ1n) is 5.39. The Balaban J connectivity index is 2.50. The van der Waals surface area contributed by atoms with E-state index in [9.17, 15) is 0 Å². The normalized spacial score (nSPS) is 14.7. The summed E-state index contributed by atoms with van der Waals surface area (Å²) in [5, 5.41) is 12.4. The maximum absolute atomic E-state index is 8.97. The Labute approximate surface area is 101 Å². The van der Waals surface area contributed by atoms with E-state index in [1.165, 1.54) is 0 Å². The van der Waals surface area contributed by atoms with E-state index < -0.39 is 0 Å². The third-order valence-corrected chi connectivity index (χ3v) is 3.09. The number of aliphatic hydroxyl groups excluding tert-OH is 1. The highest BCUT2D eigenvalue weighted by atomic mass is 32.2. The molecule has 0 aliphatic rings. The lowest BCUT2D eigenvalue weighted by molar-refractivity contribution is 0.265. The molecule has 1 heterocycles. The van der Waals surface area contributed by atoms with Gasteiger partial charge in [0.2, 0.25) is 0 Å². The molecule has 0 spiro atoms. The van der Waals surface area contributed by atoms with Crippen molar-refractivity contribution in [2.75, 3.05) is 18.6 Å². The van der Waals surface area contributed by atoms with Gasteiger partial charge < -0.3 is 10.4 Å². The number of thioether (sulfide) groups is 1. The summed E-state index contributed by atoms with van der Waals surface area (Å²) in [5.74, 6) is 0.991. The van der Waals surface area contributed by atoms with Crippen molar-refractivity contribution in [1.82, 2.24) is 15.3 Å². The van der Waals surface area contributed by atoms with E-state index in [0.717, 1.165) is 17.9 Å². The molecule has 2 atom stereocenters. The number of aromatic nitrogens is 2.